The molecular formula is C18H23N5. The third-order valence-corrected chi connectivity index (χ3v) is 3.88. The van der Waals surface area contributed by atoms with Gasteiger partial charge in [0, 0.05) is 30.7 Å². The number of hydrogen-bond acceptors (Lipinski definition) is 3. The summed E-state index contributed by atoms with van der Waals surface area (Å²) in [7, 11) is 0. The minimum Gasteiger partial charge on any atom is -0.308 e. The van der Waals surface area contributed by atoms with Crippen molar-refractivity contribution < 1.29 is 0 Å². The van der Waals surface area contributed by atoms with Crippen molar-refractivity contribution in [1.82, 2.24) is 24.9 Å². The maximum atomic E-state index is 4.52. The van der Waals surface area contributed by atoms with E-state index in [2.05, 4.69) is 64.4 Å². The van der Waals surface area contributed by atoms with Crippen LogP contribution in [0.4, 0.5) is 0 Å². The Morgan fingerprint density at radius 3 is 2.74 bits per heavy atom. The van der Waals surface area contributed by atoms with E-state index in [1.165, 1.54) is 11.3 Å². The lowest BCUT2D eigenvalue weighted by Crippen LogP contribution is -2.30. The molecule has 0 saturated heterocycles. The maximum absolute atomic E-state index is 4.52. The van der Waals surface area contributed by atoms with E-state index in [9.17, 15) is 0 Å². The van der Waals surface area contributed by atoms with E-state index in [0.717, 1.165) is 24.5 Å². The fraction of sp³-hybridized carbons (Fsp3) is 0.333. The van der Waals surface area contributed by atoms with Gasteiger partial charge in [-0.05, 0) is 50.6 Å². The molecule has 3 rings (SSSR count). The zero-order chi connectivity index (χ0) is 16.2. The lowest BCUT2D eigenvalue weighted by atomic mass is 10.2. The molecule has 1 N–H and O–H groups in total. The lowest BCUT2D eigenvalue weighted by Gasteiger charge is -2.15. The molecule has 5 heteroatoms. The van der Waals surface area contributed by atoms with Crippen molar-refractivity contribution in [3.05, 3.63) is 65.7 Å². The number of aromatic nitrogens is 4. The first-order valence-corrected chi connectivity index (χ1v) is 7.95. The highest BCUT2D eigenvalue weighted by atomic mass is 15.3. The summed E-state index contributed by atoms with van der Waals surface area (Å²) in [5.41, 5.74) is 4.61. The van der Waals surface area contributed by atoms with E-state index in [1.54, 1.807) is 6.20 Å². The molecule has 0 bridgehead atoms. The fourth-order valence-electron chi connectivity index (χ4n) is 2.71. The molecule has 23 heavy (non-hydrogen) atoms. The van der Waals surface area contributed by atoms with E-state index >= 15 is 0 Å². The predicted octanol–water partition coefficient (Wildman–Crippen LogP) is 2.86. The summed E-state index contributed by atoms with van der Waals surface area (Å²) in [5.74, 6) is 0. The van der Waals surface area contributed by atoms with Gasteiger partial charge in [0.15, 0.2) is 0 Å². The lowest BCUT2D eigenvalue weighted by molar-refractivity contribution is 0.444. The van der Waals surface area contributed by atoms with Gasteiger partial charge >= 0.3 is 0 Å². The predicted molar refractivity (Wildman–Crippen MR) is 91.6 cm³/mol. The SMILES string of the molecule is Cc1cc(C)n(C[C@H](C)NCc2cccc(-n3cccn3)c2)n1. The minimum absolute atomic E-state index is 0.348. The molecule has 0 spiro atoms. The molecule has 0 unspecified atom stereocenters. The highest BCUT2D eigenvalue weighted by Gasteiger charge is 2.07. The van der Waals surface area contributed by atoms with Gasteiger partial charge in [0.05, 0.1) is 17.9 Å². The first-order valence-electron chi connectivity index (χ1n) is 7.95. The fourth-order valence-corrected chi connectivity index (χ4v) is 2.71. The largest absolute Gasteiger partial charge is 0.308 e. The van der Waals surface area contributed by atoms with Gasteiger partial charge in [0.1, 0.15) is 0 Å². The summed E-state index contributed by atoms with van der Waals surface area (Å²) in [4.78, 5) is 0. The molecule has 120 valence electrons. The average Bonchev–Trinajstić information content (AvgIpc) is 3.16. The van der Waals surface area contributed by atoms with Crippen molar-refractivity contribution in [3.63, 3.8) is 0 Å². The van der Waals surface area contributed by atoms with Crippen LogP contribution in [0.25, 0.3) is 5.69 Å². The maximum Gasteiger partial charge on any atom is 0.0648 e. The molecule has 1 atom stereocenters. The van der Waals surface area contributed by atoms with Gasteiger partial charge in [-0.25, -0.2) is 4.68 Å². The molecule has 2 aromatic heterocycles. The number of nitrogens with zero attached hydrogens (tertiary/aromatic N) is 4. The molecule has 0 saturated carbocycles. The van der Waals surface area contributed by atoms with Crippen LogP contribution in [0.15, 0.2) is 48.8 Å². The quantitative estimate of drug-likeness (QED) is 0.761. The van der Waals surface area contributed by atoms with Gasteiger partial charge in [0.25, 0.3) is 0 Å². The first-order chi connectivity index (χ1) is 11.1. The van der Waals surface area contributed by atoms with Crippen LogP contribution in [0.1, 0.15) is 23.9 Å². The summed E-state index contributed by atoms with van der Waals surface area (Å²) in [6.45, 7) is 8.02. The van der Waals surface area contributed by atoms with Gasteiger partial charge < -0.3 is 5.32 Å². The minimum atomic E-state index is 0.348. The van der Waals surface area contributed by atoms with Crippen LogP contribution in [0.3, 0.4) is 0 Å². The van der Waals surface area contributed by atoms with Crippen LogP contribution >= 0.6 is 0 Å². The molecule has 3 aromatic rings. The number of rotatable bonds is 6. The Morgan fingerprint density at radius 2 is 2.04 bits per heavy atom. The van der Waals surface area contributed by atoms with Gasteiger partial charge in [-0.15, -0.1) is 0 Å². The molecule has 1 aromatic carbocycles. The third kappa shape index (κ3) is 3.87. The summed E-state index contributed by atoms with van der Waals surface area (Å²) in [6.07, 6.45) is 3.75. The van der Waals surface area contributed by atoms with Crippen LogP contribution in [0.5, 0.6) is 0 Å². The van der Waals surface area contributed by atoms with Crippen LogP contribution in [-0.4, -0.2) is 25.6 Å². The molecule has 2 heterocycles. The van der Waals surface area contributed by atoms with Crippen molar-refractivity contribution in [3.8, 4) is 5.69 Å². The Kier molecular flexibility index (Phi) is 4.57. The molecule has 0 aliphatic rings. The summed E-state index contributed by atoms with van der Waals surface area (Å²) in [5, 5.41) is 12.4. The second-order valence-electron chi connectivity index (χ2n) is 6.01. The van der Waals surface area contributed by atoms with E-state index in [-0.39, 0.29) is 0 Å². The van der Waals surface area contributed by atoms with Gasteiger partial charge in [-0.3, -0.25) is 4.68 Å². The van der Waals surface area contributed by atoms with Crippen molar-refractivity contribution >= 4 is 0 Å². The second kappa shape index (κ2) is 6.79. The normalized spacial score (nSPS) is 12.5. The summed E-state index contributed by atoms with van der Waals surface area (Å²) < 4.78 is 3.94. The molecule has 5 nitrogen and oxygen atoms in total. The monoisotopic (exact) mass is 309 g/mol. The van der Waals surface area contributed by atoms with Crippen molar-refractivity contribution in [2.75, 3.05) is 0 Å². The van der Waals surface area contributed by atoms with Crippen molar-refractivity contribution in [1.29, 1.82) is 0 Å². The van der Waals surface area contributed by atoms with Gasteiger partial charge in [0.2, 0.25) is 0 Å². The zero-order valence-electron chi connectivity index (χ0n) is 13.9. The third-order valence-electron chi connectivity index (χ3n) is 3.88. The zero-order valence-corrected chi connectivity index (χ0v) is 13.9. The number of benzene rings is 1. The Bertz CT molecular complexity index is 758. The second-order valence-corrected chi connectivity index (χ2v) is 6.01. The average molecular weight is 309 g/mol. The summed E-state index contributed by atoms with van der Waals surface area (Å²) in [6, 6.07) is 12.8. The standard InChI is InChI=1S/C18H23N5/c1-14-10-16(3)23(21-14)13-15(2)19-12-17-6-4-7-18(11-17)22-9-5-8-20-22/h4-11,15,19H,12-13H2,1-3H3/t15-/m0/s1. The Labute approximate surface area is 136 Å². The Balaban J connectivity index is 1.60. The van der Waals surface area contributed by atoms with Crippen molar-refractivity contribution in [2.45, 2.75) is 39.9 Å². The number of nitrogens with one attached hydrogen (secondary N) is 1. The van der Waals surface area contributed by atoms with Gasteiger partial charge in [-0.2, -0.15) is 10.2 Å². The Morgan fingerprint density at radius 1 is 1.17 bits per heavy atom. The molecule has 0 fully saturated rings. The highest BCUT2D eigenvalue weighted by Crippen LogP contribution is 2.10. The topological polar surface area (TPSA) is 47.7 Å². The van der Waals surface area contributed by atoms with E-state index in [0.29, 0.717) is 6.04 Å². The summed E-state index contributed by atoms with van der Waals surface area (Å²) >= 11 is 0. The highest BCUT2D eigenvalue weighted by molar-refractivity contribution is 5.34. The number of aryl methyl sites for hydroxylation is 2. The first kappa shape index (κ1) is 15.5. The van der Waals surface area contributed by atoms with Crippen LogP contribution in [-0.2, 0) is 13.1 Å². The number of hydrogen-bond donors (Lipinski definition) is 1. The van der Waals surface area contributed by atoms with E-state index in [4.69, 9.17) is 0 Å². The molecule has 0 radical (unpaired) electrons. The van der Waals surface area contributed by atoms with Gasteiger partial charge in [-0.1, -0.05) is 12.1 Å². The molecule has 0 amide bonds. The van der Waals surface area contributed by atoms with Crippen molar-refractivity contribution in [2.24, 2.45) is 0 Å². The van der Waals surface area contributed by atoms with Crippen LogP contribution in [0.2, 0.25) is 0 Å². The van der Waals surface area contributed by atoms with Crippen LogP contribution in [0, 0.1) is 13.8 Å². The Hall–Kier alpha value is -2.40. The molecule has 0 aliphatic carbocycles. The van der Waals surface area contributed by atoms with E-state index < -0.39 is 0 Å². The molecule has 0 aliphatic heterocycles. The van der Waals surface area contributed by atoms with Crippen LogP contribution < -0.4 is 5.32 Å². The van der Waals surface area contributed by atoms with E-state index in [1.807, 2.05) is 23.9 Å². The molecular weight excluding hydrogens is 286 g/mol. The smallest absolute Gasteiger partial charge is 0.0648 e.